The highest BCUT2D eigenvalue weighted by Crippen LogP contribution is 2.26. The first-order valence-corrected chi connectivity index (χ1v) is 6.45. The van der Waals surface area contributed by atoms with Crippen molar-refractivity contribution in [2.45, 2.75) is 0 Å². The largest absolute Gasteiger partial charge is 0.495 e. The Labute approximate surface area is 124 Å². The molecule has 0 radical (unpaired) electrons. The molecule has 1 amide bonds. The fraction of sp³-hybridized carbons (Fsp3) is 0.0714. The molecule has 1 aromatic heterocycles. The Morgan fingerprint density at radius 3 is 2.90 bits per heavy atom. The minimum atomic E-state index is -0.361. The van der Waals surface area contributed by atoms with Gasteiger partial charge >= 0.3 is 0 Å². The van der Waals surface area contributed by atoms with E-state index in [1.165, 1.54) is 13.3 Å². The van der Waals surface area contributed by atoms with Gasteiger partial charge < -0.3 is 10.1 Å². The molecular weight excluding hydrogens is 322 g/mol. The molecule has 0 aliphatic heterocycles. The van der Waals surface area contributed by atoms with Gasteiger partial charge in [-0.25, -0.2) is 4.98 Å². The van der Waals surface area contributed by atoms with E-state index in [-0.39, 0.29) is 11.6 Å². The molecule has 0 aliphatic carbocycles. The van der Waals surface area contributed by atoms with Gasteiger partial charge in [-0.2, -0.15) is 5.26 Å². The van der Waals surface area contributed by atoms with E-state index >= 15 is 0 Å². The van der Waals surface area contributed by atoms with E-state index in [2.05, 4.69) is 26.2 Å². The van der Waals surface area contributed by atoms with Gasteiger partial charge in [0.05, 0.1) is 24.4 Å². The van der Waals surface area contributed by atoms with E-state index in [1.807, 2.05) is 6.07 Å². The average Bonchev–Trinajstić information content (AvgIpc) is 2.48. The van der Waals surface area contributed by atoms with Gasteiger partial charge in [0.25, 0.3) is 5.91 Å². The molecule has 0 atom stereocenters. The number of carbonyl (C=O) groups is 1. The number of anilines is 1. The molecule has 0 unspecified atom stereocenters. The maximum Gasteiger partial charge on any atom is 0.275 e. The molecule has 0 saturated carbocycles. The van der Waals surface area contributed by atoms with Crippen molar-refractivity contribution in [1.82, 2.24) is 4.98 Å². The van der Waals surface area contributed by atoms with Crippen LogP contribution in [0.15, 0.2) is 41.0 Å². The summed E-state index contributed by atoms with van der Waals surface area (Å²) < 4.78 is 5.76. The van der Waals surface area contributed by atoms with Crippen LogP contribution in [-0.4, -0.2) is 18.0 Å². The van der Waals surface area contributed by atoms with Gasteiger partial charge in [-0.1, -0.05) is 0 Å². The molecule has 100 valence electrons. The van der Waals surface area contributed by atoms with E-state index in [1.54, 1.807) is 30.3 Å². The number of pyridine rings is 1. The molecule has 0 bridgehead atoms. The Morgan fingerprint density at radius 2 is 2.25 bits per heavy atom. The average molecular weight is 332 g/mol. The fourth-order valence-corrected chi connectivity index (χ4v) is 2.03. The van der Waals surface area contributed by atoms with Crippen molar-refractivity contribution >= 4 is 27.5 Å². The van der Waals surface area contributed by atoms with E-state index < -0.39 is 0 Å². The lowest BCUT2D eigenvalue weighted by molar-refractivity contribution is 0.102. The van der Waals surface area contributed by atoms with Crippen LogP contribution in [0.3, 0.4) is 0 Å². The van der Waals surface area contributed by atoms with Gasteiger partial charge in [-0.05, 0) is 40.2 Å². The Balaban J connectivity index is 2.29. The van der Waals surface area contributed by atoms with E-state index in [9.17, 15) is 4.79 Å². The SMILES string of the molecule is COc1cc(C#N)ccc1NC(=O)c1ncccc1Br. The summed E-state index contributed by atoms with van der Waals surface area (Å²) in [6.07, 6.45) is 1.54. The number of methoxy groups -OCH3 is 1. The second-order valence-electron chi connectivity index (χ2n) is 3.81. The number of benzene rings is 1. The lowest BCUT2D eigenvalue weighted by Gasteiger charge is -2.10. The smallest absolute Gasteiger partial charge is 0.275 e. The number of nitrogens with zero attached hydrogens (tertiary/aromatic N) is 2. The van der Waals surface area contributed by atoms with E-state index in [0.717, 1.165) is 0 Å². The number of nitriles is 1. The third-order valence-electron chi connectivity index (χ3n) is 2.55. The van der Waals surface area contributed by atoms with Crippen LogP contribution in [0.2, 0.25) is 0 Å². The summed E-state index contributed by atoms with van der Waals surface area (Å²) in [5.74, 6) is 0.0601. The van der Waals surface area contributed by atoms with Crippen molar-refractivity contribution in [1.29, 1.82) is 5.26 Å². The molecule has 1 aromatic carbocycles. The summed E-state index contributed by atoms with van der Waals surface area (Å²) in [6.45, 7) is 0. The van der Waals surface area contributed by atoms with Crippen molar-refractivity contribution in [2.75, 3.05) is 12.4 Å². The van der Waals surface area contributed by atoms with Gasteiger partial charge in [-0.3, -0.25) is 4.79 Å². The first-order chi connectivity index (χ1) is 9.65. The predicted molar refractivity (Wildman–Crippen MR) is 77.6 cm³/mol. The topological polar surface area (TPSA) is 75.0 Å². The van der Waals surface area contributed by atoms with Crippen LogP contribution in [0.5, 0.6) is 5.75 Å². The zero-order valence-corrected chi connectivity index (χ0v) is 12.1. The van der Waals surface area contributed by atoms with Crippen LogP contribution in [-0.2, 0) is 0 Å². The minimum absolute atomic E-state index is 0.277. The summed E-state index contributed by atoms with van der Waals surface area (Å²) in [5, 5.41) is 11.5. The third kappa shape index (κ3) is 2.95. The fourth-order valence-electron chi connectivity index (χ4n) is 1.60. The van der Waals surface area contributed by atoms with E-state index in [0.29, 0.717) is 21.5 Å². The number of hydrogen-bond donors (Lipinski definition) is 1. The summed E-state index contributed by atoms with van der Waals surface area (Å²) in [6, 6.07) is 10.2. The minimum Gasteiger partial charge on any atom is -0.495 e. The van der Waals surface area contributed by atoms with Crippen LogP contribution in [0.1, 0.15) is 16.1 Å². The molecule has 2 rings (SSSR count). The highest BCUT2D eigenvalue weighted by atomic mass is 79.9. The lowest BCUT2D eigenvalue weighted by atomic mass is 10.2. The van der Waals surface area contributed by atoms with Crippen LogP contribution in [0, 0.1) is 11.3 Å². The molecule has 0 spiro atoms. The summed E-state index contributed by atoms with van der Waals surface area (Å²) in [5.41, 5.74) is 1.21. The van der Waals surface area contributed by atoms with Crippen molar-refractivity contribution in [3.05, 3.63) is 52.3 Å². The van der Waals surface area contributed by atoms with Gasteiger partial charge in [-0.15, -0.1) is 0 Å². The predicted octanol–water partition coefficient (Wildman–Crippen LogP) is 2.98. The number of ether oxygens (including phenoxy) is 1. The van der Waals surface area contributed by atoms with Crippen LogP contribution >= 0.6 is 15.9 Å². The lowest BCUT2D eigenvalue weighted by Crippen LogP contribution is -2.14. The number of aromatic nitrogens is 1. The molecule has 20 heavy (non-hydrogen) atoms. The van der Waals surface area contributed by atoms with Gasteiger partial charge in [0.15, 0.2) is 0 Å². The molecule has 1 N–H and O–H groups in total. The van der Waals surface area contributed by atoms with E-state index in [4.69, 9.17) is 10.00 Å². The summed E-state index contributed by atoms with van der Waals surface area (Å²) >= 11 is 3.27. The molecule has 0 saturated heterocycles. The Hall–Kier alpha value is -2.39. The first-order valence-electron chi connectivity index (χ1n) is 5.65. The zero-order valence-electron chi connectivity index (χ0n) is 10.6. The Kier molecular flexibility index (Phi) is 4.33. The zero-order chi connectivity index (χ0) is 14.5. The maximum atomic E-state index is 12.1. The molecule has 1 heterocycles. The number of carbonyl (C=O) groups excluding carboxylic acids is 1. The molecule has 0 aliphatic rings. The Bertz CT molecular complexity index is 695. The number of rotatable bonds is 3. The van der Waals surface area contributed by atoms with Gasteiger partial charge in [0, 0.05) is 16.7 Å². The molecule has 6 heteroatoms. The standard InChI is InChI=1S/C14H10BrN3O2/c1-20-12-7-9(8-16)4-5-11(12)18-14(19)13-10(15)3-2-6-17-13/h2-7H,1H3,(H,18,19). The van der Waals surface area contributed by atoms with Gasteiger partial charge in [0.2, 0.25) is 0 Å². The normalized spacial score (nSPS) is 9.65. The van der Waals surface area contributed by atoms with Crippen LogP contribution in [0.4, 0.5) is 5.69 Å². The number of amides is 1. The first kappa shape index (κ1) is 14.0. The second-order valence-corrected chi connectivity index (χ2v) is 4.67. The molecule has 2 aromatic rings. The number of halogens is 1. The van der Waals surface area contributed by atoms with Gasteiger partial charge in [0.1, 0.15) is 11.4 Å². The van der Waals surface area contributed by atoms with Crippen LogP contribution < -0.4 is 10.1 Å². The number of hydrogen-bond acceptors (Lipinski definition) is 4. The molecule has 0 fully saturated rings. The highest BCUT2D eigenvalue weighted by molar-refractivity contribution is 9.10. The molecule has 5 nitrogen and oxygen atoms in total. The van der Waals surface area contributed by atoms with Crippen molar-refractivity contribution < 1.29 is 9.53 Å². The Morgan fingerprint density at radius 1 is 1.45 bits per heavy atom. The van der Waals surface area contributed by atoms with Crippen LogP contribution in [0.25, 0.3) is 0 Å². The van der Waals surface area contributed by atoms with Crippen molar-refractivity contribution in [3.63, 3.8) is 0 Å². The second kappa shape index (κ2) is 6.17. The molecular formula is C14H10BrN3O2. The quantitative estimate of drug-likeness (QED) is 0.938. The third-order valence-corrected chi connectivity index (χ3v) is 3.19. The van der Waals surface area contributed by atoms with Crippen molar-refractivity contribution in [2.24, 2.45) is 0 Å². The summed E-state index contributed by atoms with van der Waals surface area (Å²) in [7, 11) is 1.48. The highest BCUT2D eigenvalue weighted by Gasteiger charge is 2.14. The maximum absolute atomic E-state index is 12.1. The monoisotopic (exact) mass is 331 g/mol. The number of nitrogens with one attached hydrogen (secondary N) is 1. The summed E-state index contributed by atoms with van der Waals surface area (Å²) in [4.78, 5) is 16.1. The van der Waals surface area contributed by atoms with Crippen molar-refractivity contribution in [3.8, 4) is 11.8 Å².